The Hall–Kier alpha value is -2.72. The number of hydrogen-bond donors (Lipinski definition) is 1. The zero-order valence-corrected chi connectivity index (χ0v) is 13.5. The number of rotatable bonds is 4. The van der Waals surface area contributed by atoms with Gasteiger partial charge in [-0.15, -0.1) is 0 Å². The maximum atomic E-state index is 12.7. The van der Waals surface area contributed by atoms with E-state index in [-0.39, 0.29) is 21.7 Å². The van der Waals surface area contributed by atoms with Crippen molar-refractivity contribution in [2.75, 3.05) is 0 Å². The van der Waals surface area contributed by atoms with E-state index < -0.39 is 21.5 Å². The number of nitrogens with zero attached hydrogens (tertiary/aromatic N) is 2. The number of aromatic nitrogens is 1. The summed E-state index contributed by atoms with van der Waals surface area (Å²) in [5, 5.41) is 8.97. The number of pyridine rings is 1. The second kappa shape index (κ2) is 6.18. The Labute approximate surface area is 134 Å². The van der Waals surface area contributed by atoms with E-state index in [0.29, 0.717) is 11.3 Å². The molecule has 1 amide bonds. The Morgan fingerprint density at radius 3 is 2.57 bits per heavy atom. The van der Waals surface area contributed by atoms with E-state index >= 15 is 0 Å². The van der Waals surface area contributed by atoms with Crippen LogP contribution in [-0.4, -0.2) is 19.3 Å². The average molecular weight is 329 g/mol. The topological polar surface area (TPSA) is 114 Å². The molecule has 7 heteroatoms. The van der Waals surface area contributed by atoms with Gasteiger partial charge in [0.05, 0.1) is 11.3 Å². The Morgan fingerprint density at radius 1 is 1.30 bits per heavy atom. The van der Waals surface area contributed by atoms with Crippen LogP contribution in [0.2, 0.25) is 0 Å². The number of carbonyl (C=O) groups excluding carboxylic acids is 1. The SMILES string of the molecule is Cc1cc(C)c(C#N)c(S(=O)(=O)Cc2ccccc2C(N)=O)n1. The largest absolute Gasteiger partial charge is 0.366 e. The molecule has 2 N–H and O–H groups in total. The van der Waals surface area contributed by atoms with Crippen molar-refractivity contribution < 1.29 is 13.2 Å². The number of carbonyl (C=O) groups is 1. The molecule has 2 rings (SSSR count). The van der Waals surface area contributed by atoms with Gasteiger partial charge in [-0.25, -0.2) is 13.4 Å². The molecule has 0 aliphatic carbocycles. The third-order valence-corrected chi connectivity index (χ3v) is 4.92. The lowest BCUT2D eigenvalue weighted by Gasteiger charge is -2.10. The molecule has 0 atom stereocenters. The second-order valence-electron chi connectivity index (χ2n) is 5.15. The molecular formula is C16H15N3O3S. The molecule has 118 valence electrons. The van der Waals surface area contributed by atoms with E-state index in [0.717, 1.165) is 0 Å². The van der Waals surface area contributed by atoms with Gasteiger partial charge in [0.1, 0.15) is 6.07 Å². The quantitative estimate of drug-likeness (QED) is 0.916. The molecule has 0 bridgehead atoms. The first-order chi connectivity index (χ1) is 10.8. The van der Waals surface area contributed by atoms with Gasteiger partial charge in [0, 0.05) is 11.3 Å². The lowest BCUT2D eigenvalue weighted by Crippen LogP contribution is -2.17. The summed E-state index contributed by atoms with van der Waals surface area (Å²) in [4.78, 5) is 15.5. The van der Waals surface area contributed by atoms with E-state index in [2.05, 4.69) is 4.98 Å². The van der Waals surface area contributed by atoms with Crippen molar-refractivity contribution in [1.82, 2.24) is 4.98 Å². The van der Waals surface area contributed by atoms with Crippen LogP contribution in [-0.2, 0) is 15.6 Å². The lowest BCUT2D eigenvalue weighted by atomic mass is 10.1. The molecule has 6 nitrogen and oxygen atoms in total. The van der Waals surface area contributed by atoms with E-state index in [9.17, 15) is 18.5 Å². The van der Waals surface area contributed by atoms with Crippen molar-refractivity contribution in [3.8, 4) is 6.07 Å². The maximum Gasteiger partial charge on any atom is 0.249 e. The highest BCUT2D eigenvalue weighted by molar-refractivity contribution is 7.90. The number of nitriles is 1. The fourth-order valence-corrected chi connectivity index (χ4v) is 3.92. The third-order valence-electron chi connectivity index (χ3n) is 3.35. The summed E-state index contributed by atoms with van der Waals surface area (Å²) in [6, 6.07) is 9.75. The predicted octanol–water partition coefficient (Wildman–Crippen LogP) is 1.64. The normalized spacial score (nSPS) is 11.0. The minimum atomic E-state index is -3.90. The van der Waals surface area contributed by atoms with Crippen molar-refractivity contribution in [3.63, 3.8) is 0 Å². The Bertz CT molecular complexity index is 928. The average Bonchev–Trinajstić information content (AvgIpc) is 2.46. The van der Waals surface area contributed by atoms with Crippen molar-refractivity contribution in [3.05, 3.63) is 58.3 Å². The molecule has 0 radical (unpaired) electrons. The summed E-state index contributed by atoms with van der Waals surface area (Å²) in [7, 11) is -3.90. The Kier molecular flexibility index (Phi) is 4.48. The van der Waals surface area contributed by atoms with Crippen LogP contribution in [0.3, 0.4) is 0 Å². The van der Waals surface area contributed by atoms with Crippen molar-refractivity contribution in [2.45, 2.75) is 24.6 Å². The van der Waals surface area contributed by atoms with Crippen LogP contribution >= 0.6 is 0 Å². The number of amides is 1. The molecular weight excluding hydrogens is 314 g/mol. The van der Waals surface area contributed by atoms with Gasteiger partial charge in [0.2, 0.25) is 15.7 Å². The van der Waals surface area contributed by atoms with Crippen LogP contribution in [0.4, 0.5) is 0 Å². The summed E-state index contributed by atoms with van der Waals surface area (Å²) in [6.07, 6.45) is 0. The van der Waals surface area contributed by atoms with Gasteiger partial charge in [0.15, 0.2) is 5.03 Å². The second-order valence-corrected chi connectivity index (χ2v) is 7.06. The molecule has 0 saturated heterocycles. The lowest BCUT2D eigenvalue weighted by molar-refractivity contribution is 0.0999. The molecule has 23 heavy (non-hydrogen) atoms. The molecule has 1 aromatic heterocycles. The van der Waals surface area contributed by atoms with E-state index in [1.807, 2.05) is 6.07 Å². The van der Waals surface area contributed by atoms with Crippen molar-refractivity contribution >= 4 is 15.7 Å². The van der Waals surface area contributed by atoms with Crippen molar-refractivity contribution in [1.29, 1.82) is 5.26 Å². The van der Waals surface area contributed by atoms with Crippen LogP contribution in [0.25, 0.3) is 0 Å². The standard InChI is InChI=1S/C16H15N3O3S/c1-10-7-11(2)19-16(14(10)8-17)23(21,22)9-12-5-3-4-6-13(12)15(18)20/h3-7H,9H2,1-2H3,(H2,18,20). The first-order valence-corrected chi connectivity index (χ1v) is 8.40. The van der Waals surface area contributed by atoms with Crippen LogP contribution in [0, 0.1) is 25.2 Å². The van der Waals surface area contributed by atoms with E-state index in [1.165, 1.54) is 12.1 Å². The van der Waals surface area contributed by atoms with Gasteiger partial charge in [-0.1, -0.05) is 18.2 Å². The van der Waals surface area contributed by atoms with Crippen LogP contribution in [0.1, 0.15) is 32.7 Å². The molecule has 0 saturated carbocycles. The van der Waals surface area contributed by atoms with Gasteiger partial charge >= 0.3 is 0 Å². The van der Waals surface area contributed by atoms with Gasteiger partial charge in [-0.05, 0) is 37.1 Å². The van der Waals surface area contributed by atoms with Crippen LogP contribution in [0.5, 0.6) is 0 Å². The number of benzene rings is 1. The summed E-state index contributed by atoms with van der Waals surface area (Å²) in [6.45, 7) is 3.31. The summed E-state index contributed by atoms with van der Waals surface area (Å²) in [5.74, 6) is -1.15. The maximum absolute atomic E-state index is 12.7. The number of nitrogens with two attached hydrogens (primary N) is 1. The summed E-state index contributed by atoms with van der Waals surface area (Å²) in [5.41, 5.74) is 6.76. The molecule has 1 aromatic carbocycles. The zero-order valence-electron chi connectivity index (χ0n) is 12.7. The van der Waals surface area contributed by atoms with Crippen LogP contribution < -0.4 is 5.73 Å². The number of aryl methyl sites for hydroxylation is 2. The van der Waals surface area contributed by atoms with E-state index in [4.69, 9.17) is 5.73 Å². The monoisotopic (exact) mass is 329 g/mol. The highest BCUT2D eigenvalue weighted by Gasteiger charge is 2.25. The molecule has 1 heterocycles. The highest BCUT2D eigenvalue weighted by Crippen LogP contribution is 2.23. The highest BCUT2D eigenvalue weighted by atomic mass is 32.2. The van der Waals surface area contributed by atoms with Crippen LogP contribution in [0.15, 0.2) is 35.4 Å². The predicted molar refractivity (Wildman–Crippen MR) is 84.3 cm³/mol. The number of primary amides is 1. The number of hydrogen-bond acceptors (Lipinski definition) is 5. The molecule has 0 aliphatic heterocycles. The van der Waals surface area contributed by atoms with Crippen molar-refractivity contribution in [2.24, 2.45) is 5.73 Å². The number of sulfone groups is 1. The van der Waals surface area contributed by atoms with Gasteiger partial charge < -0.3 is 5.73 Å². The fraction of sp³-hybridized carbons (Fsp3) is 0.188. The van der Waals surface area contributed by atoms with Gasteiger partial charge in [-0.3, -0.25) is 4.79 Å². The molecule has 0 unspecified atom stereocenters. The zero-order chi connectivity index (χ0) is 17.2. The first kappa shape index (κ1) is 16.6. The molecule has 0 aliphatic rings. The molecule has 2 aromatic rings. The fourth-order valence-electron chi connectivity index (χ4n) is 2.32. The minimum absolute atomic E-state index is 0.0205. The van der Waals surface area contributed by atoms with Gasteiger partial charge in [0.25, 0.3) is 0 Å². The Morgan fingerprint density at radius 2 is 1.96 bits per heavy atom. The van der Waals surface area contributed by atoms with Gasteiger partial charge in [-0.2, -0.15) is 5.26 Å². The first-order valence-electron chi connectivity index (χ1n) is 6.75. The summed E-state index contributed by atoms with van der Waals surface area (Å²) >= 11 is 0. The smallest absolute Gasteiger partial charge is 0.249 e. The third kappa shape index (κ3) is 3.38. The van der Waals surface area contributed by atoms with E-state index in [1.54, 1.807) is 32.0 Å². The Balaban J connectivity index is 2.58. The minimum Gasteiger partial charge on any atom is -0.366 e. The summed E-state index contributed by atoms with van der Waals surface area (Å²) < 4.78 is 25.4. The molecule has 0 spiro atoms. The molecule has 0 fully saturated rings.